The summed E-state index contributed by atoms with van der Waals surface area (Å²) in [7, 11) is 0. The number of ether oxygens (including phenoxy) is 1. The minimum atomic E-state index is -0.728. The Kier molecular flexibility index (Phi) is 7.05. The average molecular weight is 491 g/mol. The maximum atomic E-state index is 14.0. The quantitative estimate of drug-likeness (QED) is 0.416. The largest absolute Gasteiger partial charge is 0.486 e. The molecule has 0 spiro atoms. The third-order valence-electron chi connectivity index (χ3n) is 5.56. The molecule has 0 atom stereocenters. The molecular formula is C24H21ClF2N2O3S. The van der Waals surface area contributed by atoms with Gasteiger partial charge in [0.2, 0.25) is 0 Å². The van der Waals surface area contributed by atoms with Crippen LogP contribution < -0.4 is 4.74 Å². The Morgan fingerprint density at radius 1 is 1.15 bits per heavy atom. The van der Waals surface area contributed by atoms with Crippen LogP contribution in [0.1, 0.15) is 43.6 Å². The fourth-order valence-electron chi connectivity index (χ4n) is 3.78. The summed E-state index contributed by atoms with van der Waals surface area (Å²) in [5.41, 5.74) is 0.392. The van der Waals surface area contributed by atoms with Crippen molar-refractivity contribution >= 4 is 34.6 Å². The zero-order valence-electron chi connectivity index (χ0n) is 17.8. The van der Waals surface area contributed by atoms with Gasteiger partial charge >= 0.3 is 0 Å². The van der Waals surface area contributed by atoms with E-state index in [9.17, 15) is 18.4 Å². The molecule has 172 valence electrons. The number of piperidine rings is 1. The summed E-state index contributed by atoms with van der Waals surface area (Å²) in [4.78, 5) is 32.3. The van der Waals surface area contributed by atoms with Crippen molar-refractivity contribution in [2.24, 2.45) is 5.92 Å². The number of nitrogens with zero attached hydrogens (tertiary/aromatic N) is 2. The Hall–Kier alpha value is -2.84. The molecule has 0 N–H and O–H groups in total. The fraction of sp³-hybridized carbons (Fsp3) is 0.292. The summed E-state index contributed by atoms with van der Waals surface area (Å²) in [5, 5.41) is 1.30. The Morgan fingerprint density at radius 3 is 2.55 bits per heavy atom. The number of aryl methyl sites for hydroxylation is 1. The number of hydrogen-bond donors (Lipinski definition) is 0. The number of benzene rings is 2. The number of rotatable bonds is 6. The van der Waals surface area contributed by atoms with Crippen molar-refractivity contribution < 1.29 is 23.1 Å². The molecule has 1 saturated heterocycles. The highest BCUT2D eigenvalue weighted by atomic mass is 35.5. The molecule has 1 aliphatic rings. The monoisotopic (exact) mass is 490 g/mol. The number of aromatic nitrogens is 1. The normalized spacial score (nSPS) is 14.4. The average Bonchev–Trinajstić information content (AvgIpc) is 3.20. The second kappa shape index (κ2) is 9.97. The van der Waals surface area contributed by atoms with Crippen molar-refractivity contribution in [1.82, 2.24) is 9.88 Å². The first-order valence-electron chi connectivity index (χ1n) is 10.4. The summed E-state index contributed by atoms with van der Waals surface area (Å²) in [5.74, 6) is -1.74. The molecule has 4 rings (SSSR count). The highest BCUT2D eigenvalue weighted by Gasteiger charge is 2.31. The third kappa shape index (κ3) is 5.39. The van der Waals surface area contributed by atoms with Gasteiger partial charge in [0.05, 0.1) is 11.3 Å². The highest BCUT2D eigenvalue weighted by molar-refractivity contribution is 7.13. The standard InChI is InChI=1S/C24H21ClF2N2O3S/c1-14-23(33-21(28-14)13-32-18-5-2-16(25)3-6-18)24(31)29-10-8-15(9-11-29)22(30)19-12-17(26)4-7-20(19)27/h2-7,12,15H,8-11,13H2,1H3. The number of carbonyl (C=O) groups excluding carboxylic acids is 2. The lowest BCUT2D eigenvalue weighted by atomic mass is 9.88. The lowest BCUT2D eigenvalue weighted by Crippen LogP contribution is -2.40. The van der Waals surface area contributed by atoms with Gasteiger partial charge in [-0.2, -0.15) is 0 Å². The summed E-state index contributed by atoms with van der Waals surface area (Å²) in [6, 6.07) is 9.86. The molecule has 0 bridgehead atoms. The van der Waals surface area contributed by atoms with Crippen molar-refractivity contribution in [2.75, 3.05) is 13.1 Å². The number of amides is 1. The second-order valence-electron chi connectivity index (χ2n) is 7.82. The molecule has 9 heteroatoms. The van der Waals surface area contributed by atoms with Crippen LogP contribution in [0, 0.1) is 24.5 Å². The number of carbonyl (C=O) groups is 2. The minimum absolute atomic E-state index is 0.148. The lowest BCUT2D eigenvalue weighted by Gasteiger charge is -2.31. The van der Waals surface area contributed by atoms with Gasteiger partial charge in [0, 0.05) is 24.0 Å². The smallest absolute Gasteiger partial charge is 0.265 e. The van der Waals surface area contributed by atoms with Gasteiger partial charge in [-0.05, 0) is 62.2 Å². The Balaban J connectivity index is 1.36. The number of halogens is 3. The van der Waals surface area contributed by atoms with E-state index in [1.54, 1.807) is 36.1 Å². The molecule has 3 aromatic rings. The molecule has 0 unspecified atom stereocenters. The fourth-order valence-corrected chi connectivity index (χ4v) is 4.85. The molecule has 0 radical (unpaired) electrons. The van der Waals surface area contributed by atoms with Gasteiger partial charge < -0.3 is 9.64 Å². The van der Waals surface area contributed by atoms with Crippen LogP contribution in [0.25, 0.3) is 0 Å². The van der Waals surface area contributed by atoms with E-state index >= 15 is 0 Å². The maximum Gasteiger partial charge on any atom is 0.265 e. The van der Waals surface area contributed by atoms with Crippen LogP contribution >= 0.6 is 22.9 Å². The van der Waals surface area contributed by atoms with Gasteiger partial charge in [0.15, 0.2) is 5.78 Å². The predicted molar refractivity (Wildman–Crippen MR) is 122 cm³/mol. The van der Waals surface area contributed by atoms with Crippen LogP contribution in [0.2, 0.25) is 5.02 Å². The van der Waals surface area contributed by atoms with Crippen molar-refractivity contribution in [3.63, 3.8) is 0 Å². The molecular weight excluding hydrogens is 470 g/mol. The molecule has 1 amide bonds. The summed E-state index contributed by atoms with van der Waals surface area (Å²) >= 11 is 7.15. The third-order valence-corrected chi connectivity index (χ3v) is 6.93. The van der Waals surface area contributed by atoms with E-state index in [1.165, 1.54) is 11.3 Å². The maximum absolute atomic E-state index is 14.0. The van der Waals surface area contributed by atoms with Crippen LogP contribution in [0.3, 0.4) is 0 Å². The SMILES string of the molecule is Cc1nc(COc2ccc(Cl)cc2)sc1C(=O)N1CCC(C(=O)c2cc(F)ccc2F)CC1. The number of ketones is 1. The van der Waals surface area contributed by atoms with Gasteiger partial charge in [0.1, 0.15) is 33.9 Å². The first kappa shape index (κ1) is 23.3. The molecule has 1 fully saturated rings. The van der Waals surface area contributed by atoms with E-state index in [0.717, 1.165) is 18.2 Å². The number of hydrogen-bond acceptors (Lipinski definition) is 5. The Labute approximate surface area is 199 Å². The topological polar surface area (TPSA) is 59.5 Å². The molecule has 2 heterocycles. The van der Waals surface area contributed by atoms with Gasteiger partial charge in [-0.25, -0.2) is 13.8 Å². The highest BCUT2D eigenvalue weighted by Crippen LogP contribution is 2.27. The zero-order chi connectivity index (χ0) is 23.5. The van der Waals surface area contributed by atoms with Crippen LogP contribution in [-0.4, -0.2) is 34.7 Å². The van der Waals surface area contributed by atoms with Crippen LogP contribution in [0.4, 0.5) is 8.78 Å². The van der Waals surface area contributed by atoms with Crippen molar-refractivity contribution in [2.45, 2.75) is 26.4 Å². The molecule has 1 aromatic heterocycles. The zero-order valence-corrected chi connectivity index (χ0v) is 19.4. The van der Waals surface area contributed by atoms with E-state index in [1.807, 2.05) is 0 Å². The number of Topliss-reactive ketones (excluding diaryl/α,β-unsaturated/α-hetero) is 1. The molecule has 0 saturated carbocycles. The van der Waals surface area contributed by atoms with Crippen LogP contribution in [0.5, 0.6) is 5.75 Å². The van der Waals surface area contributed by atoms with E-state index in [4.69, 9.17) is 16.3 Å². The molecule has 1 aliphatic heterocycles. The van der Waals surface area contributed by atoms with Crippen LogP contribution in [0.15, 0.2) is 42.5 Å². The number of thiazole rings is 1. The van der Waals surface area contributed by atoms with E-state index in [-0.39, 0.29) is 18.1 Å². The molecule has 33 heavy (non-hydrogen) atoms. The van der Waals surface area contributed by atoms with E-state index in [2.05, 4.69) is 4.98 Å². The van der Waals surface area contributed by atoms with Gasteiger partial charge in [-0.3, -0.25) is 9.59 Å². The van der Waals surface area contributed by atoms with Gasteiger partial charge in [0.25, 0.3) is 5.91 Å². The van der Waals surface area contributed by atoms with Crippen LogP contribution in [-0.2, 0) is 6.61 Å². The molecule has 2 aromatic carbocycles. The molecule has 0 aliphatic carbocycles. The summed E-state index contributed by atoms with van der Waals surface area (Å²) in [6.45, 7) is 2.73. The van der Waals surface area contributed by atoms with Crippen molar-refractivity contribution in [3.05, 3.63) is 80.3 Å². The molecule has 5 nitrogen and oxygen atoms in total. The second-order valence-corrected chi connectivity index (χ2v) is 9.34. The Bertz CT molecular complexity index is 1170. The lowest BCUT2D eigenvalue weighted by molar-refractivity contribution is 0.0652. The van der Waals surface area contributed by atoms with E-state index in [0.29, 0.717) is 52.3 Å². The van der Waals surface area contributed by atoms with Gasteiger partial charge in [-0.15, -0.1) is 11.3 Å². The van der Waals surface area contributed by atoms with Crippen molar-refractivity contribution in [1.29, 1.82) is 0 Å². The minimum Gasteiger partial charge on any atom is -0.486 e. The predicted octanol–water partition coefficient (Wildman–Crippen LogP) is 5.70. The summed E-state index contributed by atoms with van der Waals surface area (Å²) < 4.78 is 33.1. The summed E-state index contributed by atoms with van der Waals surface area (Å²) in [6.07, 6.45) is 0.788. The Morgan fingerprint density at radius 2 is 1.85 bits per heavy atom. The van der Waals surface area contributed by atoms with Gasteiger partial charge in [-0.1, -0.05) is 11.6 Å². The van der Waals surface area contributed by atoms with E-state index < -0.39 is 23.3 Å². The first-order chi connectivity index (χ1) is 15.8. The number of likely N-dealkylation sites (tertiary alicyclic amines) is 1. The van der Waals surface area contributed by atoms with Crippen molar-refractivity contribution in [3.8, 4) is 5.75 Å². The first-order valence-corrected chi connectivity index (χ1v) is 11.6.